The van der Waals surface area contributed by atoms with Gasteiger partial charge >= 0.3 is 0 Å². The zero-order chi connectivity index (χ0) is 11.4. The summed E-state index contributed by atoms with van der Waals surface area (Å²) in [6, 6.07) is 2.32. The molecule has 86 valence electrons. The van der Waals surface area contributed by atoms with Gasteiger partial charge in [0.05, 0.1) is 24.7 Å². The molecule has 0 saturated carbocycles. The third kappa shape index (κ3) is 4.19. The second-order valence-corrected chi connectivity index (χ2v) is 5.58. The van der Waals surface area contributed by atoms with Crippen LogP contribution in [0, 0.1) is 22.2 Å². The Labute approximate surface area is 92.8 Å². The van der Waals surface area contributed by atoms with Crippen LogP contribution >= 0.6 is 0 Å². The Morgan fingerprint density at radius 1 is 1.47 bits per heavy atom. The third-order valence-corrected chi connectivity index (χ3v) is 2.91. The van der Waals surface area contributed by atoms with Crippen molar-refractivity contribution in [3.05, 3.63) is 0 Å². The lowest BCUT2D eigenvalue weighted by Gasteiger charge is -2.38. The Kier molecular flexibility index (Phi) is 4.12. The van der Waals surface area contributed by atoms with E-state index in [2.05, 4.69) is 18.3 Å². The first-order valence-corrected chi connectivity index (χ1v) is 5.67. The maximum absolute atomic E-state index is 8.84. The van der Waals surface area contributed by atoms with E-state index < -0.39 is 0 Å². The van der Waals surface area contributed by atoms with Gasteiger partial charge in [0.2, 0.25) is 0 Å². The van der Waals surface area contributed by atoms with E-state index in [1.54, 1.807) is 0 Å². The Balaban J connectivity index is 2.00. The molecule has 0 atom stereocenters. The Morgan fingerprint density at radius 3 is 2.60 bits per heavy atom. The number of nitrogens with zero attached hydrogens (tertiary/aromatic N) is 1. The standard InChI is InChI=1S/C12H22N2O/c1-11(2,7-13)5-4-6-14-8-12(3)9-15-10-12/h14H,4-6,8-10H2,1-3H3. The largest absolute Gasteiger partial charge is 0.380 e. The van der Waals surface area contributed by atoms with Crippen molar-refractivity contribution in [1.29, 1.82) is 5.26 Å². The summed E-state index contributed by atoms with van der Waals surface area (Å²) in [5.74, 6) is 0. The van der Waals surface area contributed by atoms with Gasteiger partial charge in [0, 0.05) is 12.0 Å². The molecular weight excluding hydrogens is 188 g/mol. The fraction of sp³-hybridized carbons (Fsp3) is 0.917. The molecule has 1 aliphatic rings. The first-order valence-electron chi connectivity index (χ1n) is 5.67. The van der Waals surface area contributed by atoms with Gasteiger partial charge in [-0.05, 0) is 33.2 Å². The molecule has 1 aliphatic heterocycles. The van der Waals surface area contributed by atoms with E-state index in [1.165, 1.54) is 0 Å². The maximum atomic E-state index is 8.84. The van der Waals surface area contributed by atoms with Crippen molar-refractivity contribution in [2.45, 2.75) is 33.6 Å². The predicted molar refractivity (Wildman–Crippen MR) is 60.4 cm³/mol. The molecule has 0 bridgehead atoms. The van der Waals surface area contributed by atoms with Crippen LogP contribution < -0.4 is 5.32 Å². The van der Waals surface area contributed by atoms with E-state index >= 15 is 0 Å². The highest BCUT2D eigenvalue weighted by atomic mass is 16.5. The van der Waals surface area contributed by atoms with E-state index in [4.69, 9.17) is 10.00 Å². The second-order valence-electron chi connectivity index (χ2n) is 5.58. The average molecular weight is 210 g/mol. The number of hydrogen-bond donors (Lipinski definition) is 1. The van der Waals surface area contributed by atoms with Crippen LogP contribution in [0.5, 0.6) is 0 Å². The van der Waals surface area contributed by atoms with Gasteiger partial charge in [0.15, 0.2) is 0 Å². The first kappa shape index (κ1) is 12.5. The molecule has 1 rings (SSSR count). The average Bonchev–Trinajstić information content (AvgIpc) is 2.14. The molecule has 0 aromatic rings. The van der Waals surface area contributed by atoms with E-state index in [0.717, 1.165) is 39.1 Å². The molecule has 0 amide bonds. The molecule has 0 aromatic carbocycles. The summed E-state index contributed by atoms with van der Waals surface area (Å²) in [4.78, 5) is 0. The predicted octanol–water partition coefficient (Wildman–Crippen LogP) is 1.94. The highest BCUT2D eigenvalue weighted by Gasteiger charge is 2.32. The van der Waals surface area contributed by atoms with Crippen LogP contribution in [-0.2, 0) is 4.74 Å². The molecule has 0 spiro atoms. The van der Waals surface area contributed by atoms with Crippen molar-refractivity contribution >= 4 is 0 Å². The fourth-order valence-corrected chi connectivity index (χ4v) is 1.65. The highest BCUT2D eigenvalue weighted by Crippen LogP contribution is 2.25. The van der Waals surface area contributed by atoms with Crippen molar-refractivity contribution in [3.63, 3.8) is 0 Å². The van der Waals surface area contributed by atoms with Crippen LogP contribution in [-0.4, -0.2) is 26.3 Å². The molecule has 0 aliphatic carbocycles. The third-order valence-electron chi connectivity index (χ3n) is 2.91. The highest BCUT2D eigenvalue weighted by molar-refractivity contribution is 4.91. The lowest BCUT2D eigenvalue weighted by Crippen LogP contribution is -2.47. The lowest BCUT2D eigenvalue weighted by atomic mass is 9.88. The Bertz CT molecular complexity index is 238. The molecule has 1 N–H and O–H groups in total. The number of hydrogen-bond acceptors (Lipinski definition) is 3. The minimum atomic E-state index is -0.175. The molecule has 1 saturated heterocycles. The van der Waals surface area contributed by atoms with Crippen LogP contribution in [0.1, 0.15) is 33.6 Å². The summed E-state index contributed by atoms with van der Waals surface area (Å²) in [6.07, 6.45) is 2.03. The molecule has 0 radical (unpaired) electrons. The second kappa shape index (κ2) is 4.96. The van der Waals surface area contributed by atoms with Crippen molar-refractivity contribution in [1.82, 2.24) is 5.32 Å². The first-order chi connectivity index (χ1) is 6.97. The summed E-state index contributed by atoms with van der Waals surface area (Å²) in [6.45, 7) is 10.0. The summed E-state index contributed by atoms with van der Waals surface area (Å²) in [7, 11) is 0. The van der Waals surface area contributed by atoms with Crippen molar-refractivity contribution in [2.75, 3.05) is 26.3 Å². The van der Waals surface area contributed by atoms with Gasteiger partial charge < -0.3 is 10.1 Å². The summed E-state index contributed by atoms with van der Waals surface area (Å²) >= 11 is 0. The summed E-state index contributed by atoms with van der Waals surface area (Å²) in [5, 5.41) is 12.3. The summed E-state index contributed by atoms with van der Waals surface area (Å²) in [5.41, 5.74) is 0.176. The monoisotopic (exact) mass is 210 g/mol. The van der Waals surface area contributed by atoms with Gasteiger partial charge in [-0.2, -0.15) is 5.26 Å². The van der Waals surface area contributed by atoms with Gasteiger partial charge in [0.25, 0.3) is 0 Å². The van der Waals surface area contributed by atoms with E-state index in [0.29, 0.717) is 5.41 Å². The van der Waals surface area contributed by atoms with Gasteiger partial charge in [0.1, 0.15) is 0 Å². The molecule has 15 heavy (non-hydrogen) atoms. The number of ether oxygens (including phenoxy) is 1. The fourth-order valence-electron chi connectivity index (χ4n) is 1.65. The minimum Gasteiger partial charge on any atom is -0.380 e. The van der Waals surface area contributed by atoms with Gasteiger partial charge in [-0.3, -0.25) is 0 Å². The SMILES string of the molecule is CC(C)(C#N)CCCNCC1(C)COC1. The van der Waals surface area contributed by atoms with Crippen molar-refractivity contribution < 1.29 is 4.74 Å². The Morgan fingerprint density at radius 2 is 2.13 bits per heavy atom. The van der Waals surface area contributed by atoms with Crippen molar-refractivity contribution in [3.8, 4) is 6.07 Å². The zero-order valence-electron chi connectivity index (χ0n) is 10.1. The van der Waals surface area contributed by atoms with Gasteiger partial charge in [-0.1, -0.05) is 6.92 Å². The van der Waals surface area contributed by atoms with E-state index in [1.807, 2.05) is 13.8 Å². The van der Waals surface area contributed by atoms with Crippen molar-refractivity contribution in [2.24, 2.45) is 10.8 Å². The number of rotatable bonds is 6. The van der Waals surface area contributed by atoms with Crippen LogP contribution in [0.3, 0.4) is 0 Å². The van der Waals surface area contributed by atoms with Crippen LogP contribution in [0.2, 0.25) is 0 Å². The molecule has 1 heterocycles. The zero-order valence-corrected chi connectivity index (χ0v) is 10.1. The molecular formula is C12H22N2O. The molecule has 0 unspecified atom stereocenters. The lowest BCUT2D eigenvalue weighted by molar-refractivity contribution is -0.0989. The minimum absolute atomic E-state index is 0.175. The Hall–Kier alpha value is -0.590. The number of nitriles is 1. The smallest absolute Gasteiger partial charge is 0.0683 e. The number of nitrogens with one attached hydrogen (secondary N) is 1. The maximum Gasteiger partial charge on any atom is 0.0683 e. The molecule has 1 fully saturated rings. The van der Waals surface area contributed by atoms with Crippen LogP contribution in [0.4, 0.5) is 0 Å². The summed E-state index contributed by atoms with van der Waals surface area (Å²) < 4.78 is 5.18. The topological polar surface area (TPSA) is 45.0 Å². The van der Waals surface area contributed by atoms with Crippen LogP contribution in [0.15, 0.2) is 0 Å². The molecule has 3 heteroatoms. The van der Waals surface area contributed by atoms with E-state index in [-0.39, 0.29) is 5.41 Å². The van der Waals surface area contributed by atoms with E-state index in [9.17, 15) is 0 Å². The quantitative estimate of drug-likeness (QED) is 0.681. The van der Waals surface area contributed by atoms with Crippen LogP contribution in [0.25, 0.3) is 0 Å². The van der Waals surface area contributed by atoms with Gasteiger partial charge in [-0.25, -0.2) is 0 Å². The molecule has 3 nitrogen and oxygen atoms in total. The molecule has 0 aromatic heterocycles. The normalized spacial score (nSPS) is 19.3. The van der Waals surface area contributed by atoms with Gasteiger partial charge in [-0.15, -0.1) is 0 Å².